The number of nitrogens with zero attached hydrogens (tertiary/aromatic N) is 1. The molecule has 0 bridgehead atoms. The summed E-state index contributed by atoms with van der Waals surface area (Å²) < 4.78 is 0. The molecule has 0 unspecified atom stereocenters. The second-order valence-corrected chi connectivity index (χ2v) is 3.73. The van der Waals surface area contributed by atoms with Crippen LogP contribution in [0.2, 0.25) is 0 Å². The number of hydrogen-bond donors (Lipinski definition) is 0. The van der Waals surface area contributed by atoms with E-state index in [0.29, 0.717) is 0 Å². The van der Waals surface area contributed by atoms with Gasteiger partial charge in [-0.05, 0) is 40.3 Å². The van der Waals surface area contributed by atoms with Gasteiger partial charge in [0, 0.05) is 6.54 Å². The van der Waals surface area contributed by atoms with Gasteiger partial charge < -0.3 is 4.90 Å². The standard InChI is InChI=1S/C11H23N/c1-5-6-9-12(4)10-7-8-11(2)3/h8H,5-7,9-10H2,1-4H3. The average Bonchev–Trinajstić information content (AvgIpc) is 2.00. The van der Waals surface area contributed by atoms with Crippen molar-refractivity contribution >= 4 is 0 Å². The van der Waals surface area contributed by atoms with Crippen LogP contribution in [-0.2, 0) is 0 Å². The zero-order chi connectivity index (χ0) is 9.40. The van der Waals surface area contributed by atoms with Crippen LogP contribution in [0.3, 0.4) is 0 Å². The minimum Gasteiger partial charge on any atom is -0.306 e. The van der Waals surface area contributed by atoms with Crippen molar-refractivity contribution in [3.8, 4) is 0 Å². The Bertz CT molecular complexity index is 123. The highest BCUT2D eigenvalue weighted by atomic mass is 15.1. The van der Waals surface area contributed by atoms with Crippen molar-refractivity contribution < 1.29 is 0 Å². The van der Waals surface area contributed by atoms with Crippen LogP contribution < -0.4 is 0 Å². The third kappa shape index (κ3) is 7.80. The lowest BCUT2D eigenvalue weighted by molar-refractivity contribution is 0.334. The average molecular weight is 169 g/mol. The fourth-order valence-electron chi connectivity index (χ4n) is 1.11. The van der Waals surface area contributed by atoms with Crippen molar-refractivity contribution in [1.29, 1.82) is 0 Å². The lowest BCUT2D eigenvalue weighted by atomic mass is 10.2. The van der Waals surface area contributed by atoms with Gasteiger partial charge in [0.05, 0.1) is 0 Å². The van der Waals surface area contributed by atoms with Crippen molar-refractivity contribution in [3.05, 3.63) is 11.6 Å². The summed E-state index contributed by atoms with van der Waals surface area (Å²) in [7, 11) is 2.20. The first-order valence-corrected chi connectivity index (χ1v) is 4.98. The van der Waals surface area contributed by atoms with Crippen LogP contribution in [0.1, 0.15) is 40.0 Å². The van der Waals surface area contributed by atoms with E-state index in [1.807, 2.05) is 0 Å². The van der Waals surface area contributed by atoms with Gasteiger partial charge in [-0.15, -0.1) is 0 Å². The van der Waals surface area contributed by atoms with Crippen molar-refractivity contribution in [1.82, 2.24) is 4.90 Å². The highest BCUT2D eigenvalue weighted by Crippen LogP contribution is 1.96. The van der Waals surface area contributed by atoms with Gasteiger partial charge in [0.15, 0.2) is 0 Å². The molecule has 0 heterocycles. The summed E-state index contributed by atoms with van der Waals surface area (Å²) in [6.45, 7) is 9.00. The third-order valence-corrected chi connectivity index (χ3v) is 1.96. The van der Waals surface area contributed by atoms with Crippen LogP contribution in [0.5, 0.6) is 0 Å². The molecule has 0 aromatic rings. The predicted molar refractivity (Wildman–Crippen MR) is 56.5 cm³/mol. The molecule has 0 N–H and O–H groups in total. The second-order valence-electron chi connectivity index (χ2n) is 3.73. The maximum absolute atomic E-state index is 2.41. The first-order valence-electron chi connectivity index (χ1n) is 4.98. The van der Waals surface area contributed by atoms with E-state index in [1.165, 1.54) is 37.9 Å². The van der Waals surface area contributed by atoms with Gasteiger partial charge in [0.1, 0.15) is 0 Å². The fraction of sp³-hybridized carbons (Fsp3) is 0.818. The van der Waals surface area contributed by atoms with Crippen LogP contribution >= 0.6 is 0 Å². The molecule has 72 valence electrons. The summed E-state index contributed by atoms with van der Waals surface area (Å²) in [5.41, 5.74) is 1.43. The molecule has 0 radical (unpaired) electrons. The van der Waals surface area contributed by atoms with E-state index in [0.717, 1.165) is 0 Å². The summed E-state index contributed by atoms with van der Waals surface area (Å²) >= 11 is 0. The molecule has 1 heteroatoms. The Morgan fingerprint density at radius 3 is 2.42 bits per heavy atom. The maximum Gasteiger partial charge on any atom is 0.00129 e. The fourth-order valence-corrected chi connectivity index (χ4v) is 1.11. The molecule has 0 aliphatic rings. The smallest absolute Gasteiger partial charge is 0.00129 e. The summed E-state index contributed by atoms with van der Waals surface area (Å²) in [6.07, 6.45) is 6.13. The zero-order valence-corrected chi connectivity index (χ0v) is 9.06. The highest BCUT2D eigenvalue weighted by molar-refractivity contribution is 4.92. The minimum atomic E-state index is 1.20. The molecular formula is C11H23N. The van der Waals surface area contributed by atoms with Gasteiger partial charge in [0.25, 0.3) is 0 Å². The van der Waals surface area contributed by atoms with Gasteiger partial charge in [-0.3, -0.25) is 0 Å². The molecule has 0 fully saturated rings. The molecule has 0 aromatic carbocycles. The molecule has 0 aliphatic carbocycles. The minimum absolute atomic E-state index is 1.20. The van der Waals surface area contributed by atoms with E-state index in [4.69, 9.17) is 0 Å². The number of allylic oxidation sites excluding steroid dienone is 1. The largest absolute Gasteiger partial charge is 0.306 e. The zero-order valence-electron chi connectivity index (χ0n) is 9.06. The van der Waals surface area contributed by atoms with E-state index in [-0.39, 0.29) is 0 Å². The van der Waals surface area contributed by atoms with Gasteiger partial charge in [-0.2, -0.15) is 0 Å². The van der Waals surface area contributed by atoms with Crippen molar-refractivity contribution in [2.24, 2.45) is 0 Å². The lowest BCUT2D eigenvalue weighted by Gasteiger charge is -2.14. The first kappa shape index (κ1) is 11.7. The molecule has 0 aliphatic heterocycles. The Morgan fingerprint density at radius 1 is 1.25 bits per heavy atom. The quantitative estimate of drug-likeness (QED) is 0.552. The van der Waals surface area contributed by atoms with Crippen molar-refractivity contribution in [2.45, 2.75) is 40.0 Å². The maximum atomic E-state index is 2.41. The molecule has 0 spiro atoms. The topological polar surface area (TPSA) is 3.24 Å². The molecule has 0 amide bonds. The Kier molecular flexibility index (Phi) is 7.17. The summed E-state index contributed by atoms with van der Waals surface area (Å²) in [6, 6.07) is 0. The molecular weight excluding hydrogens is 146 g/mol. The van der Waals surface area contributed by atoms with Gasteiger partial charge in [-0.1, -0.05) is 25.0 Å². The third-order valence-electron chi connectivity index (χ3n) is 1.96. The molecule has 0 aromatic heterocycles. The van der Waals surface area contributed by atoms with Crippen LogP contribution in [0.4, 0.5) is 0 Å². The number of unbranched alkanes of at least 4 members (excludes halogenated alkanes) is 1. The molecule has 12 heavy (non-hydrogen) atoms. The van der Waals surface area contributed by atoms with E-state index in [9.17, 15) is 0 Å². The molecule has 0 rings (SSSR count). The number of rotatable bonds is 6. The van der Waals surface area contributed by atoms with E-state index in [2.05, 4.69) is 38.8 Å². The van der Waals surface area contributed by atoms with Crippen LogP contribution in [0.15, 0.2) is 11.6 Å². The predicted octanol–water partition coefficient (Wildman–Crippen LogP) is 3.07. The SMILES string of the molecule is CCCCN(C)CCC=C(C)C. The van der Waals surface area contributed by atoms with Crippen LogP contribution in [0, 0.1) is 0 Å². The summed E-state index contributed by atoms with van der Waals surface area (Å²) in [5.74, 6) is 0. The van der Waals surface area contributed by atoms with E-state index in [1.54, 1.807) is 0 Å². The van der Waals surface area contributed by atoms with Crippen molar-refractivity contribution in [2.75, 3.05) is 20.1 Å². The Labute approximate surface area is 77.5 Å². The number of hydrogen-bond acceptors (Lipinski definition) is 1. The van der Waals surface area contributed by atoms with Crippen molar-refractivity contribution in [3.63, 3.8) is 0 Å². The van der Waals surface area contributed by atoms with Crippen LogP contribution in [0.25, 0.3) is 0 Å². The van der Waals surface area contributed by atoms with Gasteiger partial charge >= 0.3 is 0 Å². The van der Waals surface area contributed by atoms with E-state index < -0.39 is 0 Å². The van der Waals surface area contributed by atoms with E-state index >= 15 is 0 Å². The monoisotopic (exact) mass is 169 g/mol. The van der Waals surface area contributed by atoms with Crippen LogP contribution in [-0.4, -0.2) is 25.0 Å². The highest BCUT2D eigenvalue weighted by Gasteiger charge is 1.94. The molecule has 0 atom stereocenters. The lowest BCUT2D eigenvalue weighted by Crippen LogP contribution is -2.20. The van der Waals surface area contributed by atoms with Gasteiger partial charge in [0.2, 0.25) is 0 Å². The summed E-state index contributed by atoms with van der Waals surface area (Å²) in [5, 5.41) is 0. The Hall–Kier alpha value is -0.300. The molecule has 1 nitrogen and oxygen atoms in total. The first-order chi connectivity index (χ1) is 5.66. The van der Waals surface area contributed by atoms with Gasteiger partial charge in [-0.25, -0.2) is 0 Å². The summed E-state index contributed by atoms with van der Waals surface area (Å²) in [4.78, 5) is 2.41. The normalized spacial score (nSPS) is 10.4. The Balaban J connectivity index is 3.31. The molecule has 0 saturated heterocycles. The molecule has 0 saturated carbocycles. The second kappa shape index (κ2) is 7.35. The Morgan fingerprint density at radius 2 is 1.92 bits per heavy atom.